The molecule has 0 atom stereocenters. The lowest BCUT2D eigenvalue weighted by atomic mass is 10.2. The van der Waals surface area contributed by atoms with Crippen molar-refractivity contribution in [3.8, 4) is 0 Å². The molecule has 0 N–H and O–H groups in total. The fourth-order valence-corrected chi connectivity index (χ4v) is 1.75. The van der Waals surface area contributed by atoms with E-state index in [0.29, 0.717) is 6.61 Å². The third-order valence-corrected chi connectivity index (χ3v) is 2.81. The lowest BCUT2D eigenvalue weighted by molar-refractivity contribution is -0.143. The summed E-state index contributed by atoms with van der Waals surface area (Å²) >= 11 is 0. The molecule has 0 amide bonds. The minimum absolute atomic E-state index is 0.227. The summed E-state index contributed by atoms with van der Waals surface area (Å²) in [7, 11) is 1.87. The van der Waals surface area contributed by atoms with Gasteiger partial charge < -0.3 is 9.64 Å². The van der Waals surface area contributed by atoms with Gasteiger partial charge in [-0.2, -0.15) is 0 Å². The summed E-state index contributed by atoms with van der Waals surface area (Å²) in [4.78, 5) is 13.6. The summed E-state index contributed by atoms with van der Waals surface area (Å²) in [6.45, 7) is 0.569. The first-order chi connectivity index (χ1) is 9.25. The van der Waals surface area contributed by atoms with Crippen LogP contribution in [0.5, 0.6) is 0 Å². The molecule has 0 bridgehead atoms. The van der Waals surface area contributed by atoms with Crippen LogP contribution in [0.15, 0.2) is 60.7 Å². The molecule has 0 unspecified atom stereocenters. The zero-order chi connectivity index (χ0) is 13.5. The topological polar surface area (TPSA) is 29.5 Å². The Morgan fingerprint density at radius 1 is 1.00 bits per heavy atom. The SMILES string of the molecule is CN(CC(=O)OCc1ccccc1)c1ccccc1. The molecule has 2 aromatic rings. The molecule has 0 aliphatic rings. The summed E-state index contributed by atoms with van der Waals surface area (Å²) in [5.74, 6) is -0.227. The molecule has 2 rings (SSSR count). The average molecular weight is 255 g/mol. The van der Waals surface area contributed by atoms with E-state index in [9.17, 15) is 4.79 Å². The van der Waals surface area contributed by atoms with Gasteiger partial charge in [0.1, 0.15) is 13.2 Å². The molecule has 3 heteroatoms. The third kappa shape index (κ3) is 4.14. The number of hydrogen-bond acceptors (Lipinski definition) is 3. The number of nitrogens with zero attached hydrogens (tertiary/aromatic N) is 1. The van der Waals surface area contributed by atoms with E-state index < -0.39 is 0 Å². The van der Waals surface area contributed by atoms with Crippen LogP contribution in [-0.4, -0.2) is 19.6 Å². The number of anilines is 1. The molecule has 0 aliphatic heterocycles. The summed E-state index contributed by atoms with van der Waals surface area (Å²) in [5, 5.41) is 0. The molecule has 2 aromatic carbocycles. The average Bonchev–Trinajstić information content (AvgIpc) is 2.47. The Kier molecular flexibility index (Phi) is 4.56. The maximum atomic E-state index is 11.7. The van der Waals surface area contributed by atoms with Crippen LogP contribution in [0, 0.1) is 0 Å². The van der Waals surface area contributed by atoms with E-state index in [1.165, 1.54) is 0 Å². The molecular formula is C16H17NO2. The second kappa shape index (κ2) is 6.59. The van der Waals surface area contributed by atoms with Gasteiger partial charge in [-0.25, -0.2) is 0 Å². The maximum absolute atomic E-state index is 11.7. The Bertz CT molecular complexity index is 511. The van der Waals surface area contributed by atoms with Crippen molar-refractivity contribution in [3.63, 3.8) is 0 Å². The van der Waals surface area contributed by atoms with Crippen molar-refractivity contribution in [2.45, 2.75) is 6.61 Å². The molecule has 0 saturated carbocycles. The number of para-hydroxylation sites is 1. The van der Waals surface area contributed by atoms with E-state index in [-0.39, 0.29) is 12.5 Å². The highest BCUT2D eigenvalue weighted by atomic mass is 16.5. The molecule has 19 heavy (non-hydrogen) atoms. The molecule has 0 spiro atoms. The Morgan fingerprint density at radius 2 is 1.58 bits per heavy atom. The maximum Gasteiger partial charge on any atom is 0.325 e. The van der Waals surface area contributed by atoms with Crippen LogP contribution in [0.3, 0.4) is 0 Å². The quantitative estimate of drug-likeness (QED) is 0.769. The largest absolute Gasteiger partial charge is 0.459 e. The molecule has 0 aromatic heterocycles. The predicted octanol–water partition coefficient (Wildman–Crippen LogP) is 2.87. The molecule has 0 heterocycles. The number of esters is 1. The summed E-state index contributed by atoms with van der Waals surface area (Å²) in [5.41, 5.74) is 2.00. The Hall–Kier alpha value is -2.29. The number of benzene rings is 2. The van der Waals surface area contributed by atoms with Crippen molar-refractivity contribution in [1.82, 2.24) is 0 Å². The second-order valence-corrected chi connectivity index (χ2v) is 4.34. The first-order valence-corrected chi connectivity index (χ1v) is 6.21. The lowest BCUT2D eigenvalue weighted by Gasteiger charge is -2.18. The smallest absolute Gasteiger partial charge is 0.325 e. The highest BCUT2D eigenvalue weighted by Gasteiger charge is 2.08. The van der Waals surface area contributed by atoms with Gasteiger partial charge >= 0.3 is 5.97 Å². The Balaban J connectivity index is 1.82. The van der Waals surface area contributed by atoms with Crippen molar-refractivity contribution in [2.24, 2.45) is 0 Å². The number of carbonyl (C=O) groups excluding carboxylic acids is 1. The van der Waals surface area contributed by atoms with Crippen LogP contribution in [0.2, 0.25) is 0 Å². The summed E-state index contributed by atoms with van der Waals surface area (Å²) in [6, 6.07) is 19.4. The summed E-state index contributed by atoms with van der Waals surface area (Å²) in [6.07, 6.45) is 0. The number of carbonyl (C=O) groups is 1. The standard InChI is InChI=1S/C16H17NO2/c1-17(15-10-6-3-7-11-15)12-16(18)19-13-14-8-4-2-5-9-14/h2-11H,12-13H2,1H3. The van der Waals surface area contributed by atoms with Crippen LogP contribution >= 0.6 is 0 Å². The molecule has 0 aliphatic carbocycles. The van der Waals surface area contributed by atoms with Gasteiger partial charge in [0, 0.05) is 12.7 Å². The number of ether oxygens (including phenoxy) is 1. The van der Waals surface area contributed by atoms with E-state index in [2.05, 4.69) is 0 Å². The van der Waals surface area contributed by atoms with Crippen molar-refractivity contribution >= 4 is 11.7 Å². The van der Waals surface area contributed by atoms with E-state index in [1.807, 2.05) is 72.6 Å². The van der Waals surface area contributed by atoms with E-state index in [0.717, 1.165) is 11.3 Å². The van der Waals surface area contributed by atoms with Crippen molar-refractivity contribution in [3.05, 3.63) is 66.2 Å². The summed E-state index contributed by atoms with van der Waals surface area (Å²) < 4.78 is 5.24. The van der Waals surface area contributed by atoms with Crippen LogP contribution in [-0.2, 0) is 16.1 Å². The van der Waals surface area contributed by atoms with Gasteiger partial charge in [-0.15, -0.1) is 0 Å². The lowest BCUT2D eigenvalue weighted by Crippen LogP contribution is -2.26. The molecular weight excluding hydrogens is 238 g/mol. The predicted molar refractivity (Wildman–Crippen MR) is 76.0 cm³/mol. The first-order valence-electron chi connectivity index (χ1n) is 6.21. The monoisotopic (exact) mass is 255 g/mol. The number of rotatable bonds is 5. The zero-order valence-corrected chi connectivity index (χ0v) is 11.0. The van der Waals surface area contributed by atoms with Crippen molar-refractivity contribution in [2.75, 3.05) is 18.5 Å². The van der Waals surface area contributed by atoms with Crippen LogP contribution < -0.4 is 4.90 Å². The van der Waals surface area contributed by atoms with Gasteiger partial charge in [-0.3, -0.25) is 4.79 Å². The Labute approximate surface area is 113 Å². The highest BCUT2D eigenvalue weighted by Crippen LogP contribution is 2.10. The van der Waals surface area contributed by atoms with Crippen molar-refractivity contribution < 1.29 is 9.53 Å². The van der Waals surface area contributed by atoms with Gasteiger partial charge in [0.05, 0.1) is 0 Å². The fourth-order valence-electron chi connectivity index (χ4n) is 1.75. The number of likely N-dealkylation sites (N-methyl/N-ethyl adjacent to an activating group) is 1. The molecule has 3 nitrogen and oxygen atoms in total. The fraction of sp³-hybridized carbons (Fsp3) is 0.188. The molecule has 0 radical (unpaired) electrons. The van der Waals surface area contributed by atoms with Gasteiger partial charge in [0.25, 0.3) is 0 Å². The van der Waals surface area contributed by atoms with E-state index >= 15 is 0 Å². The zero-order valence-electron chi connectivity index (χ0n) is 11.0. The first kappa shape index (κ1) is 13.1. The minimum Gasteiger partial charge on any atom is -0.459 e. The van der Waals surface area contributed by atoms with Gasteiger partial charge in [-0.1, -0.05) is 48.5 Å². The minimum atomic E-state index is -0.227. The normalized spacial score (nSPS) is 9.95. The Morgan fingerprint density at radius 3 is 2.21 bits per heavy atom. The van der Waals surface area contributed by atoms with Gasteiger partial charge in [0.15, 0.2) is 0 Å². The highest BCUT2D eigenvalue weighted by molar-refractivity contribution is 5.75. The van der Waals surface area contributed by atoms with Crippen LogP contribution in [0.25, 0.3) is 0 Å². The number of hydrogen-bond donors (Lipinski definition) is 0. The van der Waals surface area contributed by atoms with Gasteiger partial charge in [0.2, 0.25) is 0 Å². The van der Waals surface area contributed by atoms with Crippen LogP contribution in [0.1, 0.15) is 5.56 Å². The molecule has 98 valence electrons. The third-order valence-electron chi connectivity index (χ3n) is 2.81. The van der Waals surface area contributed by atoms with Crippen LogP contribution in [0.4, 0.5) is 5.69 Å². The second-order valence-electron chi connectivity index (χ2n) is 4.34. The van der Waals surface area contributed by atoms with E-state index in [4.69, 9.17) is 4.74 Å². The van der Waals surface area contributed by atoms with E-state index in [1.54, 1.807) is 0 Å². The molecule has 0 fully saturated rings. The molecule has 0 saturated heterocycles. The van der Waals surface area contributed by atoms with Gasteiger partial charge in [-0.05, 0) is 17.7 Å². The van der Waals surface area contributed by atoms with Crippen molar-refractivity contribution in [1.29, 1.82) is 0 Å².